The van der Waals surface area contributed by atoms with Gasteiger partial charge in [0.2, 0.25) is 0 Å². The third-order valence-electron chi connectivity index (χ3n) is 2.00. The van der Waals surface area contributed by atoms with Gasteiger partial charge in [0.25, 0.3) is 5.56 Å². The van der Waals surface area contributed by atoms with Crippen LogP contribution in [0.4, 0.5) is 4.79 Å². The third-order valence-corrected chi connectivity index (χ3v) is 2.29. The van der Waals surface area contributed by atoms with Gasteiger partial charge in [-0.05, 0) is 24.4 Å². The third kappa shape index (κ3) is 1.44. The average Bonchev–Trinajstić information content (AvgIpc) is 2.17. The van der Waals surface area contributed by atoms with Crippen molar-refractivity contribution in [1.29, 1.82) is 0 Å². The van der Waals surface area contributed by atoms with Crippen LogP contribution in [0, 0.1) is 4.77 Å². The molecule has 1 aromatic heterocycles. The molecule has 2 N–H and O–H groups in total. The molecule has 15 heavy (non-hydrogen) atoms. The smallest absolute Gasteiger partial charge is 0.418 e. The van der Waals surface area contributed by atoms with Crippen LogP contribution < -0.4 is 5.56 Å². The van der Waals surface area contributed by atoms with E-state index < -0.39 is 6.09 Å². The van der Waals surface area contributed by atoms with E-state index in [9.17, 15) is 9.59 Å². The monoisotopic (exact) mass is 222 g/mol. The van der Waals surface area contributed by atoms with Crippen molar-refractivity contribution in [2.24, 2.45) is 0 Å². The summed E-state index contributed by atoms with van der Waals surface area (Å²) < 4.78 is 0.748. The van der Waals surface area contributed by atoms with Gasteiger partial charge in [0.1, 0.15) is 0 Å². The van der Waals surface area contributed by atoms with Gasteiger partial charge < -0.3 is 5.11 Å². The van der Waals surface area contributed by atoms with Crippen LogP contribution in [0.5, 0.6) is 0 Å². The molecule has 0 aliphatic carbocycles. The van der Waals surface area contributed by atoms with Crippen molar-refractivity contribution in [3.8, 4) is 0 Å². The zero-order chi connectivity index (χ0) is 11.0. The van der Waals surface area contributed by atoms with Crippen LogP contribution in [0.25, 0.3) is 10.9 Å². The predicted octanol–water partition coefficient (Wildman–Crippen LogP) is 1.59. The van der Waals surface area contributed by atoms with Gasteiger partial charge in [0.05, 0.1) is 10.9 Å². The SMILES string of the molecule is O=C(O)n1c(=S)[nH]c(=O)c2ccccc21. The van der Waals surface area contributed by atoms with E-state index in [0.29, 0.717) is 10.9 Å². The fraction of sp³-hybridized carbons (Fsp3) is 0. The van der Waals surface area contributed by atoms with Crippen molar-refractivity contribution in [2.45, 2.75) is 0 Å². The summed E-state index contributed by atoms with van der Waals surface area (Å²) in [5.74, 6) is 0. The number of hydrogen-bond donors (Lipinski definition) is 2. The van der Waals surface area contributed by atoms with Crippen LogP contribution in [0.1, 0.15) is 0 Å². The molecule has 0 bridgehead atoms. The number of benzene rings is 1. The standard InChI is InChI=1S/C9H6N2O3S/c12-7-5-3-1-2-4-6(5)11(9(13)14)8(15)10-7/h1-4H,(H,13,14)(H,10,12,15). The number of carboxylic acid groups (broad SMARTS) is 1. The van der Waals surface area contributed by atoms with Gasteiger partial charge in [-0.1, -0.05) is 12.1 Å². The molecule has 2 aromatic rings. The first-order valence-corrected chi connectivity index (χ1v) is 4.49. The molecule has 1 heterocycles. The number of rotatable bonds is 0. The number of nitrogens with one attached hydrogen (secondary N) is 1. The van der Waals surface area contributed by atoms with Crippen LogP contribution in [0.3, 0.4) is 0 Å². The molecule has 0 amide bonds. The van der Waals surface area contributed by atoms with Crippen LogP contribution in [-0.2, 0) is 0 Å². The lowest BCUT2D eigenvalue weighted by molar-refractivity contribution is 0.196. The summed E-state index contributed by atoms with van der Waals surface area (Å²) in [5.41, 5.74) is -0.0909. The highest BCUT2D eigenvalue weighted by atomic mass is 32.1. The number of para-hydroxylation sites is 1. The minimum atomic E-state index is -1.22. The first kappa shape index (κ1) is 9.60. The zero-order valence-electron chi connectivity index (χ0n) is 7.43. The maximum atomic E-state index is 11.4. The molecule has 0 aliphatic rings. The lowest BCUT2D eigenvalue weighted by atomic mass is 10.2. The van der Waals surface area contributed by atoms with Crippen LogP contribution in [-0.4, -0.2) is 20.8 Å². The minimum absolute atomic E-state index is 0.119. The van der Waals surface area contributed by atoms with Crippen molar-refractivity contribution in [2.75, 3.05) is 0 Å². The van der Waals surface area contributed by atoms with Crippen molar-refractivity contribution in [3.63, 3.8) is 0 Å². The molecule has 0 atom stereocenters. The molecule has 76 valence electrons. The Morgan fingerprint density at radius 2 is 2.07 bits per heavy atom. The van der Waals surface area contributed by atoms with Crippen molar-refractivity contribution in [3.05, 3.63) is 39.4 Å². The van der Waals surface area contributed by atoms with E-state index in [2.05, 4.69) is 4.98 Å². The summed E-state index contributed by atoms with van der Waals surface area (Å²) >= 11 is 4.77. The van der Waals surface area contributed by atoms with Crippen molar-refractivity contribution in [1.82, 2.24) is 9.55 Å². The zero-order valence-corrected chi connectivity index (χ0v) is 8.25. The fourth-order valence-corrected chi connectivity index (χ4v) is 1.65. The summed E-state index contributed by atoms with van der Waals surface area (Å²) in [6.07, 6.45) is -1.22. The molecule has 0 unspecified atom stereocenters. The molecule has 1 aromatic carbocycles. The normalized spacial score (nSPS) is 10.4. The number of aromatic amines is 1. The molecule has 5 nitrogen and oxygen atoms in total. The van der Waals surface area contributed by atoms with E-state index in [1.165, 1.54) is 6.07 Å². The van der Waals surface area contributed by atoms with E-state index in [1.807, 2.05) is 0 Å². The Hall–Kier alpha value is -1.95. The largest absolute Gasteiger partial charge is 0.464 e. The fourth-order valence-electron chi connectivity index (χ4n) is 1.38. The van der Waals surface area contributed by atoms with Gasteiger partial charge in [-0.25, -0.2) is 9.36 Å². The molecule has 0 saturated heterocycles. The number of carbonyl (C=O) groups is 1. The number of fused-ring (bicyclic) bond motifs is 1. The first-order valence-electron chi connectivity index (χ1n) is 4.08. The maximum absolute atomic E-state index is 11.4. The van der Waals surface area contributed by atoms with Crippen LogP contribution >= 0.6 is 12.2 Å². The Morgan fingerprint density at radius 1 is 1.40 bits per heavy atom. The summed E-state index contributed by atoms with van der Waals surface area (Å²) in [7, 11) is 0. The van der Waals surface area contributed by atoms with Crippen molar-refractivity contribution >= 4 is 29.2 Å². The topological polar surface area (TPSA) is 75.1 Å². The molecule has 2 rings (SSSR count). The molecular formula is C9H6N2O3S. The Kier molecular flexibility index (Phi) is 2.12. The van der Waals surface area contributed by atoms with E-state index in [1.54, 1.807) is 18.2 Å². The molecule has 0 spiro atoms. The lowest BCUT2D eigenvalue weighted by Crippen LogP contribution is -2.18. The second-order valence-corrected chi connectivity index (χ2v) is 3.28. The second kappa shape index (κ2) is 3.32. The Balaban J connectivity index is 3.10. The Bertz CT molecular complexity index is 656. The summed E-state index contributed by atoms with van der Waals surface area (Å²) in [6, 6.07) is 6.39. The molecular weight excluding hydrogens is 216 g/mol. The first-order chi connectivity index (χ1) is 7.11. The van der Waals surface area contributed by atoms with Crippen LogP contribution in [0.2, 0.25) is 0 Å². The highest BCUT2D eigenvalue weighted by Gasteiger charge is 2.09. The molecule has 0 saturated carbocycles. The van der Waals surface area contributed by atoms with E-state index in [0.717, 1.165) is 4.57 Å². The highest BCUT2D eigenvalue weighted by Crippen LogP contribution is 2.08. The number of nitrogens with zero attached hydrogens (tertiary/aromatic N) is 1. The van der Waals surface area contributed by atoms with Gasteiger partial charge in [0.15, 0.2) is 4.77 Å². The Morgan fingerprint density at radius 3 is 2.73 bits per heavy atom. The van der Waals surface area contributed by atoms with E-state index >= 15 is 0 Å². The van der Waals surface area contributed by atoms with E-state index in [-0.39, 0.29) is 10.3 Å². The maximum Gasteiger partial charge on any atom is 0.418 e. The number of aromatic nitrogens is 2. The van der Waals surface area contributed by atoms with Crippen LogP contribution in [0.15, 0.2) is 29.1 Å². The molecule has 6 heteroatoms. The van der Waals surface area contributed by atoms with Crippen molar-refractivity contribution < 1.29 is 9.90 Å². The highest BCUT2D eigenvalue weighted by molar-refractivity contribution is 7.71. The quantitative estimate of drug-likeness (QED) is 0.663. The Labute approximate surface area is 88.6 Å². The lowest BCUT2D eigenvalue weighted by Gasteiger charge is -2.04. The molecule has 0 fully saturated rings. The van der Waals surface area contributed by atoms with E-state index in [4.69, 9.17) is 17.3 Å². The predicted molar refractivity (Wildman–Crippen MR) is 56.8 cm³/mol. The summed E-state index contributed by atoms with van der Waals surface area (Å²) in [6.45, 7) is 0. The summed E-state index contributed by atoms with van der Waals surface area (Å²) in [4.78, 5) is 24.7. The number of hydrogen-bond acceptors (Lipinski definition) is 3. The summed E-state index contributed by atoms with van der Waals surface area (Å²) in [5, 5.41) is 9.23. The number of H-pyrrole nitrogens is 1. The minimum Gasteiger partial charge on any atom is -0.464 e. The van der Waals surface area contributed by atoms with Gasteiger partial charge in [-0.15, -0.1) is 0 Å². The second-order valence-electron chi connectivity index (χ2n) is 2.89. The van der Waals surface area contributed by atoms with Gasteiger partial charge in [0, 0.05) is 0 Å². The average molecular weight is 222 g/mol. The molecule has 0 aliphatic heterocycles. The van der Waals surface area contributed by atoms with Gasteiger partial charge >= 0.3 is 6.09 Å². The van der Waals surface area contributed by atoms with Gasteiger partial charge in [-0.3, -0.25) is 9.78 Å². The molecule has 0 radical (unpaired) electrons. The van der Waals surface area contributed by atoms with Gasteiger partial charge in [-0.2, -0.15) is 0 Å².